The molecule has 78 valence electrons. The van der Waals surface area contributed by atoms with E-state index in [9.17, 15) is 4.79 Å². The Morgan fingerprint density at radius 2 is 2.43 bits per heavy atom. The Balaban J connectivity index is 2.65. The number of hydrogen-bond acceptors (Lipinski definition) is 4. The van der Waals surface area contributed by atoms with Crippen molar-refractivity contribution >= 4 is 17.7 Å². The normalized spacial score (nSPS) is 12.9. The molecule has 1 unspecified atom stereocenters. The van der Waals surface area contributed by atoms with Crippen LogP contribution in [0.5, 0.6) is 0 Å². The number of nitrogens with one attached hydrogen (secondary N) is 2. The number of rotatable bonds is 4. The Morgan fingerprint density at radius 1 is 1.71 bits per heavy atom. The molecule has 1 rings (SSSR count). The quantitative estimate of drug-likeness (QED) is 0.295. The van der Waals surface area contributed by atoms with E-state index in [1.54, 1.807) is 12.4 Å². The van der Waals surface area contributed by atoms with Crippen LogP contribution < -0.4 is 11.3 Å². The van der Waals surface area contributed by atoms with Crippen molar-refractivity contribution in [2.45, 2.75) is 24.3 Å². The molecule has 0 saturated carbocycles. The summed E-state index contributed by atoms with van der Waals surface area (Å²) in [4.78, 5) is 18.4. The molecule has 0 aliphatic carbocycles. The van der Waals surface area contributed by atoms with E-state index < -0.39 is 0 Å². The summed E-state index contributed by atoms with van der Waals surface area (Å²) in [6, 6.07) is 0. The van der Waals surface area contributed by atoms with Crippen molar-refractivity contribution in [1.82, 2.24) is 15.4 Å². The van der Waals surface area contributed by atoms with Gasteiger partial charge in [-0.3, -0.25) is 10.2 Å². The number of thioether (sulfide) groups is 1. The van der Waals surface area contributed by atoms with Gasteiger partial charge in [0.05, 0.1) is 5.25 Å². The highest BCUT2D eigenvalue weighted by Gasteiger charge is 2.23. The number of nitrogens with two attached hydrogens (primary N) is 1. The molecule has 14 heavy (non-hydrogen) atoms. The number of hydrogen-bond donors (Lipinski definition) is 3. The van der Waals surface area contributed by atoms with Gasteiger partial charge in [0.2, 0.25) is 5.91 Å². The predicted octanol–water partition coefficient (Wildman–Crippen LogP) is 0.516. The van der Waals surface area contributed by atoms with Crippen LogP contribution >= 0.6 is 11.8 Å². The lowest BCUT2D eigenvalue weighted by Gasteiger charge is -2.16. The maximum absolute atomic E-state index is 11.4. The summed E-state index contributed by atoms with van der Waals surface area (Å²) < 4.78 is 0. The van der Waals surface area contributed by atoms with E-state index in [-0.39, 0.29) is 17.1 Å². The standard InChI is InChI=1S/C8H14N4OS/c1-5(2)6(7(13)12-9)14-8-10-3-4-11-8/h3-6H,9H2,1-2H3,(H,10,11)(H,12,13). The molecule has 0 aliphatic rings. The lowest BCUT2D eigenvalue weighted by Crippen LogP contribution is -2.40. The maximum atomic E-state index is 11.4. The second-order valence-electron chi connectivity index (χ2n) is 3.19. The van der Waals surface area contributed by atoms with E-state index in [1.165, 1.54) is 11.8 Å². The van der Waals surface area contributed by atoms with E-state index in [1.807, 2.05) is 13.8 Å². The highest BCUT2D eigenvalue weighted by Crippen LogP contribution is 2.24. The Kier molecular flexibility index (Phi) is 3.97. The van der Waals surface area contributed by atoms with Crippen molar-refractivity contribution in [3.63, 3.8) is 0 Å². The van der Waals surface area contributed by atoms with Gasteiger partial charge in [-0.15, -0.1) is 0 Å². The minimum Gasteiger partial charge on any atom is -0.340 e. The van der Waals surface area contributed by atoms with E-state index in [4.69, 9.17) is 5.84 Å². The molecule has 1 amide bonds. The molecule has 5 nitrogen and oxygen atoms in total. The number of aromatic nitrogens is 2. The Morgan fingerprint density at radius 3 is 2.86 bits per heavy atom. The molecule has 0 saturated heterocycles. The number of carbonyl (C=O) groups excluding carboxylic acids is 1. The highest BCUT2D eigenvalue weighted by molar-refractivity contribution is 8.00. The van der Waals surface area contributed by atoms with Crippen molar-refractivity contribution in [3.8, 4) is 0 Å². The smallest absolute Gasteiger partial charge is 0.247 e. The number of hydrazine groups is 1. The topological polar surface area (TPSA) is 83.8 Å². The number of H-pyrrole nitrogens is 1. The van der Waals surface area contributed by atoms with E-state index >= 15 is 0 Å². The third-order valence-electron chi connectivity index (χ3n) is 1.72. The zero-order valence-corrected chi connectivity index (χ0v) is 8.97. The third kappa shape index (κ3) is 2.74. The van der Waals surface area contributed by atoms with Crippen molar-refractivity contribution in [2.75, 3.05) is 0 Å². The Bertz CT molecular complexity index is 286. The van der Waals surface area contributed by atoms with E-state index in [2.05, 4.69) is 15.4 Å². The van der Waals surface area contributed by atoms with Gasteiger partial charge in [-0.05, 0) is 5.92 Å². The summed E-state index contributed by atoms with van der Waals surface area (Å²) in [5.41, 5.74) is 2.16. The molecule has 0 spiro atoms. The van der Waals surface area contributed by atoms with Crippen molar-refractivity contribution < 1.29 is 4.79 Å². The van der Waals surface area contributed by atoms with Crippen LogP contribution in [0.15, 0.2) is 17.6 Å². The first-order valence-corrected chi connectivity index (χ1v) is 5.19. The summed E-state index contributed by atoms with van der Waals surface area (Å²) in [5, 5.41) is 0.512. The van der Waals surface area contributed by atoms with Crippen LogP contribution in [0, 0.1) is 5.92 Å². The fourth-order valence-electron chi connectivity index (χ4n) is 1.01. The molecule has 1 aromatic heterocycles. The minimum absolute atomic E-state index is 0.179. The Labute approximate surface area is 86.8 Å². The van der Waals surface area contributed by atoms with Gasteiger partial charge in [-0.2, -0.15) is 0 Å². The SMILES string of the molecule is CC(C)C(Sc1ncc[nH]1)C(=O)NN. The molecule has 1 atom stereocenters. The van der Waals surface area contributed by atoms with Crippen molar-refractivity contribution in [2.24, 2.45) is 11.8 Å². The van der Waals surface area contributed by atoms with Crippen LogP contribution in [0.25, 0.3) is 0 Å². The lowest BCUT2D eigenvalue weighted by molar-refractivity contribution is -0.121. The molecule has 6 heteroatoms. The summed E-state index contributed by atoms with van der Waals surface area (Å²) in [7, 11) is 0. The van der Waals surface area contributed by atoms with Gasteiger partial charge in [-0.25, -0.2) is 10.8 Å². The third-order valence-corrected chi connectivity index (χ3v) is 3.18. The zero-order valence-electron chi connectivity index (χ0n) is 8.15. The minimum atomic E-state index is -0.217. The van der Waals surface area contributed by atoms with Crippen LogP contribution in [-0.4, -0.2) is 21.1 Å². The average molecular weight is 214 g/mol. The van der Waals surface area contributed by atoms with Gasteiger partial charge in [0.1, 0.15) is 0 Å². The van der Waals surface area contributed by atoms with Gasteiger partial charge in [-0.1, -0.05) is 25.6 Å². The first-order valence-electron chi connectivity index (χ1n) is 4.31. The molecule has 0 radical (unpaired) electrons. The van der Waals surface area contributed by atoms with Gasteiger partial charge >= 0.3 is 0 Å². The molecule has 1 aromatic rings. The number of amides is 1. The first-order chi connectivity index (χ1) is 6.65. The van der Waals surface area contributed by atoms with Crippen LogP contribution in [-0.2, 0) is 4.79 Å². The summed E-state index contributed by atoms with van der Waals surface area (Å²) in [6.07, 6.45) is 3.38. The largest absolute Gasteiger partial charge is 0.340 e. The maximum Gasteiger partial charge on any atom is 0.247 e. The van der Waals surface area contributed by atoms with Crippen molar-refractivity contribution in [1.29, 1.82) is 0 Å². The molecule has 0 bridgehead atoms. The molecule has 4 N–H and O–H groups in total. The average Bonchev–Trinajstić information content (AvgIpc) is 2.65. The zero-order chi connectivity index (χ0) is 10.6. The number of carbonyl (C=O) groups is 1. The number of imidazole rings is 1. The predicted molar refractivity (Wildman–Crippen MR) is 55.4 cm³/mol. The van der Waals surface area contributed by atoms with Gasteiger partial charge in [0.15, 0.2) is 5.16 Å². The molecule has 1 heterocycles. The van der Waals surface area contributed by atoms with Gasteiger partial charge in [0.25, 0.3) is 0 Å². The molecule has 0 aromatic carbocycles. The fourth-order valence-corrected chi connectivity index (χ4v) is 1.96. The van der Waals surface area contributed by atoms with Crippen LogP contribution in [0.2, 0.25) is 0 Å². The first kappa shape index (κ1) is 11.1. The van der Waals surface area contributed by atoms with E-state index in [0.717, 1.165) is 5.16 Å². The second kappa shape index (κ2) is 5.02. The van der Waals surface area contributed by atoms with Crippen LogP contribution in [0.1, 0.15) is 13.8 Å². The molecular formula is C8H14N4OS. The fraction of sp³-hybridized carbons (Fsp3) is 0.500. The van der Waals surface area contributed by atoms with Crippen LogP contribution in [0.3, 0.4) is 0 Å². The summed E-state index contributed by atoms with van der Waals surface area (Å²) >= 11 is 1.38. The van der Waals surface area contributed by atoms with Crippen LogP contribution in [0.4, 0.5) is 0 Å². The molecule has 0 fully saturated rings. The summed E-state index contributed by atoms with van der Waals surface area (Å²) in [6.45, 7) is 3.94. The molecular weight excluding hydrogens is 200 g/mol. The van der Waals surface area contributed by atoms with E-state index in [0.29, 0.717) is 0 Å². The van der Waals surface area contributed by atoms with Gasteiger partial charge in [0, 0.05) is 12.4 Å². The second-order valence-corrected chi connectivity index (χ2v) is 4.32. The van der Waals surface area contributed by atoms with Crippen molar-refractivity contribution in [3.05, 3.63) is 12.4 Å². The molecule has 0 aliphatic heterocycles. The summed E-state index contributed by atoms with van der Waals surface area (Å²) in [5.74, 6) is 5.12. The number of aromatic amines is 1. The Hall–Kier alpha value is -1.01. The highest BCUT2D eigenvalue weighted by atomic mass is 32.2. The monoisotopic (exact) mass is 214 g/mol. The lowest BCUT2D eigenvalue weighted by atomic mass is 10.1. The van der Waals surface area contributed by atoms with Gasteiger partial charge < -0.3 is 4.98 Å². The number of nitrogens with zero attached hydrogens (tertiary/aromatic N) is 1.